The second-order valence-corrected chi connectivity index (χ2v) is 5.09. The highest BCUT2D eigenvalue weighted by Crippen LogP contribution is 2.33. The number of nitrogens with zero attached hydrogens (tertiary/aromatic N) is 1. The number of aromatic amines is 1. The molecule has 8 heteroatoms. The van der Waals surface area contributed by atoms with Gasteiger partial charge in [-0.1, -0.05) is 27.7 Å². The molecule has 6 nitrogen and oxygen atoms in total. The van der Waals surface area contributed by atoms with Crippen LogP contribution in [0.3, 0.4) is 0 Å². The first kappa shape index (κ1) is 21.6. The Balaban J connectivity index is 0.000000414. The Morgan fingerprint density at radius 2 is 1.91 bits per heavy atom. The van der Waals surface area contributed by atoms with Crippen molar-refractivity contribution < 1.29 is 23.7 Å². The fraction of sp³-hybridized carbons (Fsp3) is 0.733. The van der Waals surface area contributed by atoms with E-state index in [1.807, 2.05) is 13.8 Å². The maximum absolute atomic E-state index is 13.2. The van der Waals surface area contributed by atoms with Crippen LogP contribution in [0.25, 0.3) is 0 Å². The van der Waals surface area contributed by atoms with Gasteiger partial charge in [-0.3, -0.25) is 9.78 Å². The molecule has 0 bridgehead atoms. The number of hydrogen-bond acceptors (Lipinski definition) is 5. The summed E-state index contributed by atoms with van der Waals surface area (Å²) < 4.78 is 31.3. The molecule has 134 valence electrons. The average molecular weight is 336 g/mol. The van der Waals surface area contributed by atoms with Crippen molar-refractivity contribution in [3.8, 4) is 0 Å². The van der Waals surface area contributed by atoms with Gasteiger partial charge in [0.25, 0.3) is 11.5 Å². The van der Waals surface area contributed by atoms with Gasteiger partial charge in [-0.15, -0.1) is 0 Å². The SMILES string of the molecule is CC.CC(C)C(F)(F)c1cncc(=O)[nH]1.OC1CCOCC1O. The van der Waals surface area contributed by atoms with Gasteiger partial charge in [0.1, 0.15) is 11.8 Å². The highest BCUT2D eigenvalue weighted by molar-refractivity contribution is 5.04. The third kappa shape index (κ3) is 7.15. The van der Waals surface area contributed by atoms with Crippen molar-refractivity contribution in [3.05, 3.63) is 28.4 Å². The van der Waals surface area contributed by atoms with Gasteiger partial charge in [0.05, 0.1) is 25.1 Å². The maximum Gasteiger partial charge on any atom is 0.291 e. The molecule has 1 aliphatic rings. The minimum atomic E-state index is -3.03. The van der Waals surface area contributed by atoms with Gasteiger partial charge in [-0.05, 0) is 6.42 Å². The van der Waals surface area contributed by atoms with Crippen LogP contribution in [0.4, 0.5) is 8.78 Å². The summed E-state index contributed by atoms with van der Waals surface area (Å²) in [6.45, 7) is 7.61. The lowest BCUT2D eigenvalue weighted by Crippen LogP contribution is -2.36. The molecule has 0 aromatic carbocycles. The van der Waals surface area contributed by atoms with Gasteiger partial charge in [-0.25, -0.2) is 0 Å². The maximum atomic E-state index is 13.2. The number of rotatable bonds is 2. The van der Waals surface area contributed by atoms with Crippen LogP contribution < -0.4 is 5.56 Å². The third-order valence-electron chi connectivity index (χ3n) is 3.03. The van der Waals surface area contributed by atoms with E-state index < -0.39 is 35.3 Å². The Morgan fingerprint density at radius 1 is 1.30 bits per heavy atom. The van der Waals surface area contributed by atoms with Gasteiger partial charge in [0.15, 0.2) is 0 Å². The molecule has 2 rings (SSSR count). The number of aromatic nitrogens is 2. The van der Waals surface area contributed by atoms with Crippen LogP contribution in [-0.2, 0) is 10.7 Å². The summed E-state index contributed by atoms with van der Waals surface area (Å²) in [6.07, 6.45) is 1.26. The van der Waals surface area contributed by atoms with Crippen LogP contribution >= 0.6 is 0 Å². The molecule has 1 aromatic rings. The molecular weight excluding hydrogens is 310 g/mol. The molecular formula is C15H26F2N2O4. The number of aliphatic hydroxyl groups excluding tert-OH is 2. The lowest BCUT2D eigenvalue weighted by atomic mass is 10.0. The molecule has 0 aliphatic carbocycles. The molecule has 2 heterocycles. The first-order chi connectivity index (χ1) is 10.7. The van der Waals surface area contributed by atoms with Crippen molar-refractivity contribution in [1.82, 2.24) is 9.97 Å². The predicted octanol–water partition coefficient (Wildman–Crippen LogP) is 1.67. The molecule has 23 heavy (non-hydrogen) atoms. The molecule has 2 atom stereocenters. The molecule has 0 saturated carbocycles. The van der Waals surface area contributed by atoms with Crippen molar-refractivity contribution in [2.45, 2.75) is 52.2 Å². The van der Waals surface area contributed by atoms with E-state index >= 15 is 0 Å². The quantitative estimate of drug-likeness (QED) is 0.764. The Morgan fingerprint density at radius 3 is 2.30 bits per heavy atom. The molecule has 3 N–H and O–H groups in total. The summed E-state index contributed by atoms with van der Waals surface area (Å²) in [5.41, 5.74) is -1.05. The summed E-state index contributed by atoms with van der Waals surface area (Å²) >= 11 is 0. The number of aliphatic hydroxyl groups is 2. The second-order valence-electron chi connectivity index (χ2n) is 5.09. The van der Waals surface area contributed by atoms with Crippen molar-refractivity contribution in [2.75, 3.05) is 13.2 Å². The molecule has 1 fully saturated rings. The number of hydrogen-bond donors (Lipinski definition) is 3. The zero-order valence-corrected chi connectivity index (χ0v) is 13.9. The van der Waals surface area contributed by atoms with Crippen molar-refractivity contribution in [1.29, 1.82) is 0 Å². The fourth-order valence-electron chi connectivity index (χ4n) is 1.57. The van der Waals surface area contributed by atoms with E-state index in [0.717, 1.165) is 12.4 Å². The number of alkyl halides is 2. The summed E-state index contributed by atoms with van der Waals surface area (Å²) in [6, 6.07) is 0. The molecule has 0 radical (unpaired) electrons. The Labute approximate surface area is 134 Å². The lowest BCUT2D eigenvalue weighted by Gasteiger charge is -2.22. The number of ether oxygens (including phenoxy) is 1. The average Bonchev–Trinajstić information content (AvgIpc) is 2.53. The third-order valence-corrected chi connectivity index (χ3v) is 3.03. The lowest BCUT2D eigenvalue weighted by molar-refractivity contribution is -0.0852. The Hall–Kier alpha value is -1.38. The Kier molecular flexibility index (Phi) is 9.78. The van der Waals surface area contributed by atoms with E-state index in [1.54, 1.807) is 0 Å². The fourth-order valence-corrected chi connectivity index (χ4v) is 1.57. The van der Waals surface area contributed by atoms with Crippen LogP contribution in [0, 0.1) is 5.92 Å². The second kappa shape index (κ2) is 10.4. The normalized spacial score (nSPS) is 20.9. The zero-order valence-electron chi connectivity index (χ0n) is 13.9. The molecule has 1 aliphatic heterocycles. The molecule has 1 saturated heterocycles. The Bertz CT molecular complexity index is 484. The molecule has 0 amide bonds. The summed E-state index contributed by atoms with van der Waals surface area (Å²) in [5.74, 6) is -3.90. The predicted molar refractivity (Wildman–Crippen MR) is 82.4 cm³/mol. The first-order valence-corrected chi connectivity index (χ1v) is 7.61. The molecule has 1 aromatic heterocycles. The standard InChI is InChI=1S/C8H10F2N2O.C5H10O3.C2H6/c1-5(2)8(9,10)6-3-11-4-7(13)12-6;6-4-1-2-8-3-5(4)7;1-2/h3-5H,1-2H3,(H,12,13);4-7H,1-3H2;1-2H3. The number of halogens is 2. The number of H-pyrrole nitrogens is 1. The van der Waals surface area contributed by atoms with Crippen molar-refractivity contribution in [2.24, 2.45) is 5.92 Å². The number of nitrogens with one attached hydrogen (secondary N) is 1. The van der Waals surface area contributed by atoms with E-state index in [1.165, 1.54) is 13.8 Å². The summed E-state index contributed by atoms with van der Waals surface area (Å²) in [4.78, 5) is 16.2. The highest BCUT2D eigenvalue weighted by atomic mass is 19.3. The zero-order chi connectivity index (χ0) is 18.0. The topological polar surface area (TPSA) is 95.4 Å². The van der Waals surface area contributed by atoms with Crippen molar-refractivity contribution in [3.63, 3.8) is 0 Å². The first-order valence-electron chi connectivity index (χ1n) is 7.61. The van der Waals surface area contributed by atoms with E-state index in [2.05, 4.69) is 9.97 Å². The van der Waals surface area contributed by atoms with Crippen LogP contribution in [-0.4, -0.2) is 45.6 Å². The van der Waals surface area contributed by atoms with Crippen LogP contribution in [0.1, 0.15) is 39.8 Å². The van der Waals surface area contributed by atoms with Gasteiger partial charge in [0.2, 0.25) is 0 Å². The smallest absolute Gasteiger partial charge is 0.291 e. The minimum Gasteiger partial charge on any atom is -0.390 e. The van der Waals surface area contributed by atoms with Gasteiger partial charge >= 0.3 is 0 Å². The van der Waals surface area contributed by atoms with Crippen LogP contribution in [0.15, 0.2) is 17.2 Å². The molecule has 2 unspecified atom stereocenters. The summed E-state index contributed by atoms with van der Waals surface area (Å²) in [5, 5.41) is 17.7. The van der Waals surface area contributed by atoms with E-state index in [9.17, 15) is 13.6 Å². The molecule has 0 spiro atoms. The van der Waals surface area contributed by atoms with Gasteiger partial charge in [-0.2, -0.15) is 8.78 Å². The monoisotopic (exact) mass is 336 g/mol. The van der Waals surface area contributed by atoms with Crippen LogP contribution in [0.2, 0.25) is 0 Å². The summed E-state index contributed by atoms with van der Waals surface area (Å²) in [7, 11) is 0. The van der Waals surface area contributed by atoms with E-state index in [4.69, 9.17) is 14.9 Å². The van der Waals surface area contributed by atoms with Crippen LogP contribution in [0.5, 0.6) is 0 Å². The highest BCUT2D eigenvalue weighted by Gasteiger charge is 2.36. The van der Waals surface area contributed by atoms with Crippen molar-refractivity contribution >= 4 is 0 Å². The van der Waals surface area contributed by atoms with E-state index in [0.29, 0.717) is 13.0 Å². The minimum absolute atomic E-state index is 0.279. The largest absolute Gasteiger partial charge is 0.390 e. The van der Waals surface area contributed by atoms with Gasteiger partial charge in [0, 0.05) is 12.5 Å². The van der Waals surface area contributed by atoms with Gasteiger partial charge < -0.3 is 19.9 Å². The van der Waals surface area contributed by atoms with E-state index in [-0.39, 0.29) is 6.61 Å².